The average molecular weight is 382 g/mol. The van der Waals surface area contributed by atoms with E-state index in [9.17, 15) is 31.1 Å². The molecule has 0 fully saturated rings. The molecule has 0 radical (unpaired) electrons. The highest BCUT2D eigenvalue weighted by Gasteiger charge is 2.28. The normalized spacial score (nSPS) is 12.6. The van der Waals surface area contributed by atoms with Gasteiger partial charge in [0.1, 0.15) is 11.4 Å². The van der Waals surface area contributed by atoms with Crippen LogP contribution >= 0.6 is 0 Å². The second-order valence-corrected chi connectivity index (χ2v) is 5.61. The van der Waals surface area contributed by atoms with E-state index in [0.29, 0.717) is 5.39 Å². The Kier molecular flexibility index (Phi) is 5.82. The minimum atomic E-state index is -4.41. The van der Waals surface area contributed by atoms with Crippen LogP contribution in [0.2, 0.25) is 0 Å². The predicted octanol–water partition coefficient (Wildman–Crippen LogP) is 4.91. The number of fused-ring (bicyclic) bond motifs is 1. The summed E-state index contributed by atoms with van der Waals surface area (Å²) in [5.74, 6) is -0.281. The van der Waals surface area contributed by atoms with Crippen molar-refractivity contribution in [2.24, 2.45) is 0 Å². The maximum absolute atomic E-state index is 12.5. The van der Waals surface area contributed by atoms with Crippen molar-refractivity contribution in [3.8, 4) is 5.75 Å². The first-order valence-electron chi connectivity index (χ1n) is 7.80. The molecule has 0 saturated heterocycles. The highest BCUT2D eigenvalue weighted by atomic mass is 19.4. The van der Waals surface area contributed by atoms with Crippen molar-refractivity contribution in [1.29, 1.82) is 0 Å². The summed E-state index contributed by atoms with van der Waals surface area (Å²) in [5, 5.41) is 4.29. The number of aryl methyl sites for hydroxylation is 1. The van der Waals surface area contributed by atoms with E-state index in [1.807, 2.05) is 0 Å². The van der Waals surface area contributed by atoms with Crippen LogP contribution < -0.4 is 4.74 Å². The smallest absolute Gasteiger partial charge is 0.392 e. The van der Waals surface area contributed by atoms with Gasteiger partial charge in [-0.3, -0.25) is 9.48 Å². The molecular weight excluding hydrogens is 366 g/mol. The molecule has 1 aromatic heterocycles. The fraction of sp³-hybridized carbons (Fsp3) is 0.500. The molecule has 10 heteroatoms. The minimum absolute atomic E-state index is 0.0338. The van der Waals surface area contributed by atoms with E-state index in [2.05, 4.69) is 5.10 Å². The lowest BCUT2D eigenvalue weighted by molar-refractivity contribution is -0.139. The zero-order valence-electron chi connectivity index (χ0n) is 13.7. The van der Waals surface area contributed by atoms with Crippen LogP contribution in [0.5, 0.6) is 5.75 Å². The molecule has 2 rings (SSSR count). The molecule has 0 saturated carbocycles. The van der Waals surface area contributed by atoms with Gasteiger partial charge < -0.3 is 4.74 Å². The molecule has 1 aromatic carbocycles. The summed E-state index contributed by atoms with van der Waals surface area (Å²) in [4.78, 5) is 12.0. The number of rotatable bonds is 7. The third-order valence-electron chi connectivity index (χ3n) is 3.57. The summed E-state index contributed by atoms with van der Waals surface area (Å²) < 4.78 is 80.1. The summed E-state index contributed by atoms with van der Waals surface area (Å²) >= 11 is 0. The van der Waals surface area contributed by atoms with Crippen molar-refractivity contribution in [1.82, 2.24) is 9.78 Å². The molecule has 0 spiro atoms. The lowest BCUT2D eigenvalue weighted by atomic mass is 10.1. The molecule has 0 aliphatic heterocycles. The van der Waals surface area contributed by atoms with E-state index in [1.165, 1.54) is 18.2 Å². The summed E-state index contributed by atoms with van der Waals surface area (Å²) in [6.07, 6.45) is -11.0. The third-order valence-corrected chi connectivity index (χ3v) is 3.57. The Hall–Kier alpha value is -2.26. The molecule has 1 heterocycles. The Morgan fingerprint density at radius 1 is 1.12 bits per heavy atom. The Labute approximate surface area is 144 Å². The van der Waals surface area contributed by atoms with E-state index >= 15 is 0 Å². The molecule has 4 nitrogen and oxygen atoms in total. The number of ketones is 1. The third kappa shape index (κ3) is 5.37. The van der Waals surface area contributed by atoms with Crippen LogP contribution in [0.3, 0.4) is 0 Å². The van der Waals surface area contributed by atoms with E-state index in [-0.39, 0.29) is 29.2 Å². The van der Waals surface area contributed by atoms with Gasteiger partial charge in [-0.2, -0.15) is 31.4 Å². The summed E-state index contributed by atoms with van der Waals surface area (Å²) in [6, 6.07) is 4.07. The number of ether oxygens (including phenoxy) is 1. The van der Waals surface area contributed by atoms with Crippen molar-refractivity contribution < 1.29 is 35.9 Å². The molecule has 0 aliphatic carbocycles. The molecule has 144 valence electrons. The molecule has 2 aromatic rings. The van der Waals surface area contributed by atoms with Crippen molar-refractivity contribution in [3.05, 3.63) is 23.9 Å². The van der Waals surface area contributed by atoms with Crippen molar-refractivity contribution in [2.75, 3.05) is 6.61 Å². The monoisotopic (exact) mass is 382 g/mol. The van der Waals surface area contributed by atoms with Crippen LogP contribution in [0, 0.1) is 0 Å². The lowest BCUT2D eigenvalue weighted by Crippen LogP contribution is -2.14. The fourth-order valence-corrected chi connectivity index (χ4v) is 2.30. The number of halogens is 6. The van der Waals surface area contributed by atoms with Crippen molar-refractivity contribution in [3.63, 3.8) is 0 Å². The van der Waals surface area contributed by atoms with Gasteiger partial charge in [-0.1, -0.05) is 6.92 Å². The number of Topliss-reactive ketones (excluding diaryl/α,β-unsaturated/α-hetero) is 1. The van der Waals surface area contributed by atoms with Crippen LogP contribution in [0.15, 0.2) is 18.2 Å². The number of hydrogen-bond acceptors (Lipinski definition) is 3. The number of hydrogen-bond donors (Lipinski definition) is 0. The second kappa shape index (κ2) is 7.55. The zero-order valence-corrected chi connectivity index (χ0v) is 13.7. The number of carbonyl (C=O) groups is 1. The van der Waals surface area contributed by atoms with Crippen LogP contribution in [-0.4, -0.2) is 34.5 Å². The predicted molar refractivity (Wildman–Crippen MR) is 81.2 cm³/mol. The van der Waals surface area contributed by atoms with Crippen molar-refractivity contribution >= 4 is 16.7 Å². The number of carbonyl (C=O) groups excluding carboxylic acids is 1. The first-order valence-corrected chi connectivity index (χ1v) is 7.80. The van der Waals surface area contributed by atoms with Gasteiger partial charge in [-0.25, -0.2) is 0 Å². The first-order chi connectivity index (χ1) is 12.0. The highest BCUT2D eigenvalue weighted by molar-refractivity contribution is 6.06. The van der Waals surface area contributed by atoms with Gasteiger partial charge in [0, 0.05) is 17.9 Å². The van der Waals surface area contributed by atoms with E-state index in [1.54, 1.807) is 6.92 Å². The maximum atomic E-state index is 12.5. The molecule has 0 bridgehead atoms. The highest BCUT2D eigenvalue weighted by Crippen LogP contribution is 2.28. The van der Waals surface area contributed by atoms with Gasteiger partial charge in [0.2, 0.25) is 0 Å². The standard InChI is InChI=1S/C16H16F6N2O2/c1-2-13(25)14-11-4-3-10(26-8-6-16(20,21)22)9-12(11)24(23-14)7-5-15(17,18)19/h3-4,9H,2,5-8H2,1H3. The van der Waals surface area contributed by atoms with Gasteiger partial charge in [-0.05, 0) is 12.1 Å². The van der Waals surface area contributed by atoms with Crippen LogP contribution in [0.4, 0.5) is 26.3 Å². The summed E-state index contributed by atoms with van der Waals surface area (Å²) in [7, 11) is 0. The van der Waals surface area contributed by atoms with Crippen LogP contribution in [0.1, 0.15) is 36.7 Å². The number of nitrogens with zero attached hydrogens (tertiary/aromatic N) is 2. The summed E-state index contributed by atoms with van der Waals surface area (Å²) in [5.41, 5.74) is 0.238. The lowest BCUT2D eigenvalue weighted by Gasteiger charge is -2.10. The Morgan fingerprint density at radius 2 is 1.77 bits per heavy atom. The van der Waals surface area contributed by atoms with Crippen LogP contribution in [0.25, 0.3) is 10.9 Å². The second-order valence-electron chi connectivity index (χ2n) is 5.61. The topological polar surface area (TPSA) is 44.1 Å². The molecule has 0 amide bonds. The molecule has 0 aliphatic rings. The molecular formula is C16H16F6N2O2. The largest absolute Gasteiger partial charge is 0.493 e. The van der Waals surface area contributed by atoms with E-state index in [4.69, 9.17) is 4.74 Å². The number of alkyl halides is 6. The van der Waals surface area contributed by atoms with Gasteiger partial charge in [0.15, 0.2) is 5.78 Å². The van der Waals surface area contributed by atoms with Crippen molar-refractivity contribution in [2.45, 2.75) is 45.1 Å². The van der Waals surface area contributed by atoms with Crippen LogP contribution in [-0.2, 0) is 6.54 Å². The first kappa shape index (κ1) is 20.1. The maximum Gasteiger partial charge on any atom is 0.392 e. The van der Waals surface area contributed by atoms with E-state index in [0.717, 1.165) is 4.68 Å². The number of benzene rings is 1. The quantitative estimate of drug-likeness (QED) is 0.505. The molecule has 0 atom stereocenters. The summed E-state index contributed by atoms with van der Waals surface area (Å²) in [6.45, 7) is 0.465. The van der Waals surface area contributed by atoms with Gasteiger partial charge in [-0.15, -0.1) is 0 Å². The fourth-order valence-electron chi connectivity index (χ4n) is 2.30. The Morgan fingerprint density at radius 3 is 2.35 bits per heavy atom. The zero-order chi connectivity index (χ0) is 19.5. The van der Waals surface area contributed by atoms with Gasteiger partial charge >= 0.3 is 12.4 Å². The van der Waals surface area contributed by atoms with Gasteiger partial charge in [0.05, 0.1) is 31.5 Å². The van der Waals surface area contributed by atoms with Gasteiger partial charge in [0.25, 0.3) is 0 Å². The Bertz CT molecular complexity index is 779. The molecule has 0 N–H and O–H groups in total. The molecule has 26 heavy (non-hydrogen) atoms. The minimum Gasteiger partial charge on any atom is -0.493 e. The average Bonchev–Trinajstić information content (AvgIpc) is 2.88. The number of aromatic nitrogens is 2. The van der Waals surface area contributed by atoms with E-state index < -0.39 is 38.3 Å². The Balaban J connectivity index is 2.32. The SMILES string of the molecule is CCC(=O)c1nn(CCC(F)(F)F)c2cc(OCCC(F)(F)F)ccc12. The molecule has 0 unspecified atom stereocenters.